The predicted molar refractivity (Wildman–Crippen MR) is 57.0 cm³/mol. The predicted octanol–water partition coefficient (Wildman–Crippen LogP) is 2.13. The van der Waals surface area contributed by atoms with E-state index in [0.29, 0.717) is 0 Å². The summed E-state index contributed by atoms with van der Waals surface area (Å²) in [4.78, 5) is 10.1. The summed E-state index contributed by atoms with van der Waals surface area (Å²) in [7, 11) is 0. The van der Waals surface area contributed by atoms with E-state index in [9.17, 15) is 4.79 Å². The van der Waals surface area contributed by atoms with Gasteiger partial charge in [0.1, 0.15) is 0 Å². The molecular formula is C9H16BrNO2. The third-order valence-electron chi connectivity index (χ3n) is 1.56. The highest BCUT2D eigenvalue weighted by molar-refractivity contribution is 9.11. The van der Waals surface area contributed by atoms with E-state index in [1.54, 1.807) is 0 Å². The zero-order chi connectivity index (χ0) is 10.1. The standard InChI is InChI=1S/C9H16BrNO2/c1-8(10)7-11-6-4-2-3-5-9(12)13/h11H,1-7H2,(H,12,13). The molecule has 2 N–H and O–H groups in total. The number of nitrogens with one attached hydrogen (secondary N) is 1. The van der Waals surface area contributed by atoms with Crippen LogP contribution in [-0.2, 0) is 4.79 Å². The molecule has 0 unspecified atom stereocenters. The monoisotopic (exact) mass is 249 g/mol. The van der Waals surface area contributed by atoms with Crippen molar-refractivity contribution in [1.29, 1.82) is 0 Å². The maximum absolute atomic E-state index is 10.1. The lowest BCUT2D eigenvalue weighted by Crippen LogP contribution is -2.16. The average Bonchev–Trinajstić information content (AvgIpc) is 2.01. The lowest BCUT2D eigenvalue weighted by Gasteiger charge is -2.02. The van der Waals surface area contributed by atoms with Crippen LogP contribution >= 0.6 is 15.9 Å². The second-order valence-electron chi connectivity index (χ2n) is 2.90. The second-order valence-corrected chi connectivity index (χ2v) is 4.02. The van der Waals surface area contributed by atoms with E-state index in [4.69, 9.17) is 5.11 Å². The van der Waals surface area contributed by atoms with Crippen molar-refractivity contribution in [3.8, 4) is 0 Å². The summed E-state index contributed by atoms with van der Waals surface area (Å²) < 4.78 is 0.943. The van der Waals surface area contributed by atoms with Gasteiger partial charge in [0.05, 0.1) is 0 Å². The van der Waals surface area contributed by atoms with Crippen molar-refractivity contribution in [3.05, 3.63) is 11.1 Å². The van der Waals surface area contributed by atoms with E-state index >= 15 is 0 Å². The fraction of sp³-hybridized carbons (Fsp3) is 0.667. The van der Waals surface area contributed by atoms with Gasteiger partial charge >= 0.3 is 5.97 Å². The summed E-state index contributed by atoms with van der Waals surface area (Å²) in [6, 6.07) is 0. The van der Waals surface area contributed by atoms with Crippen LogP contribution in [0.2, 0.25) is 0 Å². The van der Waals surface area contributed by atoms with Crippen LogP contribution in [0.25, 0.3) is 0 Å². The van der Waals surface area contributed by atoms with Crippen LogP contribution in [0.5, 0.6) is 0 Å². The smallest absolute Gasteiger partial charge is 0.303 e. The minimum atomic E-state index is -0.707. The summed E-state index contributed by atoms with van der Waals surface area (Å²) in [5, 5.41) is 11.5. The highest BCUT2D eigenvalue weighted by Gasteiger charge is 1.95. The van der Waals surface area contributed by atoms with Crippen LogP contribution in [0.15, 0.2) is 11.1 Å². The first-order chi connectivity index (χ1) is 6.13. The van der Waals surface area contributed by atoms with Crippen LogP contribution in [0, 0.1) is 0 Å². The molecule has 0 bridgehead atoms. The fourth-order valence-electron chi connectivity index (χ4n) is 0.927. The molecular weight excluding hydrogens is 234 g/mol. The summed E-state index contributed by atoms with van der Waals surface area (Å²) >= 11 is 3.24. The Morgan fingerprint density at radius 1 is 1.38 bits per heavy atom. The zero-order valence-corrected chi connectivity index (χ0v) is 9.27. The van der Waals surface area contributed by atoms with Gasteiger partial charge in [0.25, 0.3) is 0 Å². The number of carbonyl (C=O) groups is 1. The molecule has 0 spiro atoms. The third kappa shape index (κ3) is 11.7. The molecule has 0 aliphatic heterocycles. The number of rotatable bonds is 8. The molecule has 0 saturated carbocycles. The quantitative estimate of drug-likeness (QED) is 0.649. The van der Waals surface area contributed by atoms with Gasteiger partial charge < -0.3 is 10.4 Å². The zero-order valence-electron chi connectivity index (χ0n) is 7.68. The van der Waals surface area contributed by atoms with Gasteiger partial charge in [0, 0.05) is 17.4 Å². The summed E-state index contributed by atoms with van der Waals surface area (Å²) in [5.41, 5.74) is 0. The molecule has 0 heterocycles. The Bertz CT molecular complexity index is 153. The lowest BCUT2D eigenvalue weighted by molar-refractivity contribution is -0.137. The van der Waals surface area contributed by atoms with E-state index in [2.05, 4.69) is 27.8 Å². The highest BCUT2D eigenvalue weighted by Crippen LogP contribution is 2.00. The number of hydrogen-bond donors (Lipinski definition) is 2. The SMILES string of the molecule is C=C(Br)CNCCCCCC(=O)O. The van der Waals surface area contributed by atoms with Crippen LogP contribution < -0.4 is 5.32 Å². The van der Waals surface area contributed by atoms with Gasteiger partial charge in [-0.05, 0) is 19.4 Å². The maximum atomic E-state index is 10.1. The Morgan fingerprint density at radius 3 is 2.62 bits per heavy atom. The molecule has 0 aromatic carbocycles. The molecule has 0 aliphatic rings. The third-order valence-corrected chi connectivity index (χ3v) is 1.84. The number of halogens is 1. The Morgan fingerprint density at radius 2 is 2.08 bits per heavy atom. The van der Waals surface area contributed by atoms with Crippen LogP contribution in [0.4, 0.5) is 0 Å². The van der Waals surface area contributed by atoms with Gasteiger partial charge in [-0.15, -0.1) is 0 Å². The Labute approximate surface area is 87.3 Å². The molecule has 0 fully saturated rings. The summed E-state index contributed by atoms with van der Waals surface area (Å²) in [6.07, 6.45) is 3.04. The molecule has 0 rings (SSSR count). The van der Waals surface area contributed by atoms with E-state index in [-0.39, 0.29) is 6.42 Å². The number of aliphatic carboxylic acids is 1. The number of unbranched alkanes of at least 4 members (excludes halogenated alkanes) is 2. The lowest BCUT2D eigenvalue weighted by atomic mass is 10.2. The molecule has 13 heavy (non-hydrogen) atoms. The van der Waals surface area contributed by atoms with Crippen molar-refractivity contribution in [3.63, 3.8) is 0 Å². The van der Waals surface area contributed by atoms with Crippen molar-refractivity contribution < 1.29 is 9.90 Å². The fourth-order valence-corrected chi connectivity index (χ4v) is 1.13. The van der Waals surface area contributed by atoms with Gasteiger partial charge in [-0.25, -0.2) is 0 Å². The largest absolute Gasteiger partial charge is 0.481 e. The van der Waals surface area contributed by atoms with E-state index < -0.39 is 5.97 Å². The van der Waals surface area contributed by atoms with Crippen molar-refractivity contribution in [2.45, 2.75) is 25.7 Å². The van der Waals surface area contributed by atoms with Gasteiger partial charge in [-0.1, -0.05) is 28.9 Å². The van der Waals surface area contributed by atoms with Crippen molar-refractivity contribution >= 4 is 21.9 Å². The average molecular weight is 250 g/mol. The molecule has 3 nitrogen and oxygen atoms in total. The molecule has 0 aromatic rings. The maximum Gasteiger partial charge on any atom is 0.303 e. The van der Waals surface area contributed by atoms with Crippen LogP contribution in [-0.4, -0.2) is 24.2 Å². The molecule has 4 heteroatoms. The molecule has 0 atom stereocenters. The first-order valence-electron chi connectivity index (χ1n) is 4.38. The van der Waals surface area contributed by atoms with Gasteiger partial charge in [0.15, 0.2) is 0 Å². The summed E-state index contributed by atoms with van der Waals surface area (Å²) in [5.74, 6) is -0.707. The molecule has 0 aromatic heterocycles. The highest BCUT2D eigenvalue weighted by atomic mass is 79.9. The van der Waals surface area contributed by atoms with Crippen LogP contribution in [0.3, 0.4) is 0 Å². The minimum absolute atomic E-state index is 0.283. The van der Waals surface area contributed by atoms with E-state index in [1.807, 2.05) is 0 Å². The Hall–Kier alpha value is -0.350. The van der Waals surface area contributed by atoms with Crippen molar-refractivity contribution in [2.24, 2.45) is 0 Å². The van der Waals surface area contributed by atoms with Crippen molar-refractivity contribution in [2.75, 3.05) is 13.1 Å². The number of carboxylic acid groups (broad SMARTS) is 1. The van der Waals surface area contributed by atoms with Gasteiger partial charge in [0.2, 0.25) is 0 Å². The molecule has 76 valence electrons. The number of hydrogen-bond acceptors (Lipinski definition) is 2. The molecule has 0 radical (unpaired) electrons. The normalized spacial score (nSPS) is 9.92. The Kier molecular flexibility index (Phi) is 8.04. The Balaban J connectivity index is 3.00. The van der Waals surface area contributed by atoms with Crippen LogP contribution in [0.1, 0.15) is 25.7 Å². The minimum Gasteiger partial charge on any atom is -0.481 e. The first kappa shape index (κ1) is 12.7. The van der Waals surface area contributed by atoms with E-state index in [1.165, 1.54) is 0 Å². The van der Waals surface area contributed by atoms with Gasteiger partial charge in [-0.2, -0.15) is 0 Å². The van der Waals surface area contributed by atoms with Gasteiger partial charge in [-0.3, -0.25) is 4.79 Å². The molecule has 0 amide bonds. The summed E-state index contributed by atoms with van der Waals surface area (Å²) in [6.45, 7) is 5.39. The molecule has 0 aliphatic carbocycles. The molecule has 0 saturated heterocycles. The topological polar surface area (TPSA) is 49.3 Å². The second kappa shape index (κ2) is 8.26. The van der Waals surface area contributed by atoms with E-state index in [0.717, 1.165) is 36.8 Å². The number of carboxylic acids is 1. The first-order valence-corrected chi connectivity index (χ1v) is 5.18. The van der Waals surface area contributed by atoms with Crippen molar-refractivity contribution in [1.82, 2.24) is 5.32 Å².